The summed E-state index contributed by atoms with van der Waals surface area (Å²) in [4.78, 5) is 37.3. The maximum absolute atomic E-state index is 11.5. The van der Waals surface area contributed by atoms with Crippen LogP contribution in [0.15, 0.2) is 33.5 Å². The van der Waals surface area contributed by atoms with Crippen LogP contribution in [0, 0.1) is 11.8 Å². The fraction of sp³-hybridized carbons (Fsp3) is 0.682. The van der Waals surface area contributed by atoms with E-state index in [0.717, 1.165) is 0 Å². The highest BCUT2D eigenvalue weighted by molar-refractivity contribution is 6.62. The van der Waals surface area contributed by atoms with Crippen molar-refractivity contribution in [3.8, 4) is 0 Å². The van der Waals surface area contributed by atoms with Crippen molar-refractivity contribution in [1.82, 2.24) is 0 Å². The van der Waals surface area contributed by atoms with E-state index in [1.807, 2.05) is 13.8 Å². The zero-order chi connectivity index (χ0) is 27.8. The van der Waals surface area contributed by atoms with Crippen LogP contribution >= 0.6 is 11.6 Å². The number of halogens is 1. The van der Waals surface area contributed by atoms with E-state index in [-0.39, 0.29) is 35.7 Å². The summed E-state index contributed by atoms with van der Waals surface area (Å²) < 4.78 is 9.69. The Morgan fingerprint density at radius 1 is 0.972 bits per heavy atom. The first-order valence-electron chi connectivity index (χ1n) is 11.3. The van der Waals surface area contributed by atoms with E-state index in [1.165, 1.54) is 13.0 Å². The fourth-order valence-electron chi connectivity index (χ4n) is 3.37. The molecule has 13 nitrogen and oxygen atoms in total. The van der Waals surface area contributed by atoms with Gasteiger partial charge in [-0.15, -0.1) is 0 Å². The Balaban J connectivity index is 0.000000606. The molecule has 0 amide bonds. The van der Waals surface area contributed by atoms with Gasteiger partial charge in [-0.1, -0.05) is 24.1 Å². The molecule has 0 saturated carbocycles. The molecule has 2 aliphatic rings. The number of hydrogen-bond acceptors (Lipinski definition) is 9. The summed E-state index contributed by atoms with van der Waals surface area (Å²) in [5, 5.41) is 25.9. The first-order chi connectivity index (χ1) is 16.9. The molecule has 0 saturated heterocycles. The normalized spacial score (nSPS) is 26.4. The second-order valence-corrected chi connectivity index (χ2v) is 8.52. The number of rotatable bonds is 6. The number of aliphatic hydroxyl groups excluding tert-OH is 2. The highest BCUT2D eigenvalue weighted by Crippen LogP contribution is 2.30. The highest BCUT2D eigenvalue weighted by atomic mass is 35.5. The van der Waals surface area contributed by atoms with Crippen LogP contribution in [0.4, 0.5) is 0 Å². The van der Waals surface area contributed by atoms with E-state index in [1.54, 1.807) is 19.9 Å². The van der Waals surface area contributed by atoms with E-state index in [4.69, 9.17) is 20.5 Å². The summed E-state index contributed by atoms with van der Waals surface area (Å²) in [6.45, 7) is 9.36. The summed E-state index contributed by atoms with van der Waals surface area (Å²) in [6.07, 6.45) is 1.98. The average Bonchev–Trinajstić information content (AvgIpc) is 2.79. The molecule has 0 bridgehead atoms. The minimum absolute atomic E-state index is 0.0731. The van der Waals surface area contributed by atoms with Gasteiger partial charge in [-0.2, -0.15) is 0 Å². The maximum atomic E-state index is 11.5. The quantitative estimate of drug-likeness (QED) is 0.170. The van der Waals surface area contributed by atoms with Crippen molar-refractivity contribution in [2.75, 3.05) is 13.2 Å². The van der Waals surface area contributed by atoms with Crippen molar-refractivity contribution in [1.29, 1.82) is 0 Å². The molecule has 2 aliphatic carbocycles. The van der Waals surface area contributed by atoms with Gasteiger partial charge in [0.25, 0.3) is 0 Å². The van der Waals surface area contributed by atoms with E-state index in [0.29, 0.717) is 24.5 Å². The van der Waals surface area contributed by atoms with Crippen LogP contribution in [0.2, 0.25) is 0 Å². The van der Waals surface area contributed by atoms with Gasteiger partial charge in [0.15, 0.2) is 0 Å². The molecule has 0 aromatic carbocycles. The summed E-state index contributed by atoms with van der Waals surface area (Å²) in [5.74, 6) is -0.318. The molecule has 14 heteroatoms. The second-order valence-electron chi connectivity index (χ2n) is 7.99. The van der Waals surface area contributed by atoms with Gasteiger partial charge in [0.1, 0.15) is 0 Å². The molecule has 0 aromatic heterocycles. The number of carbonyl (C=O) groups is 3. The molecule has 0 fully saturated rings. The summed E-state index contributed by atoms with van der Waals surface area (Å²) in [6, 6.07) is -1.71. The summed E-state index contributed by atoms with van der Waals surface area (Å²) >= 11 is 4.64. The fourth-order valence-corrected chi connectivity index (χ4v) is 3.37. The molecule has 0 radical (unpaired) electrons. The van der Waals surface area contributed by atoms with Gasteiger partial charge < -0.3 is 19.7 Å². The van der Waals surface area contributed by atoms with E-state index < -0.39 is 30.3 Å². The molecule has 0 aliphatic heterocycles. The SMILES string of the molecule is CC(=O)Cl.CCOC(=O)C1=C[C@@H](O)[C@H](C)[C@@H](C)C1.CCOC(=O)C1=C[C@@H](O)[C@H](N=[N+]=[N-])[C@@H](N=[N+]=[N-])C1. The average molecular weight is 529 g/mol. The Morgan fingerprint density at radius 2 is 1.42 bits per heavy atom. The van der Waals surface area contributed by atoms with Crippen LogP contribution in [0.5, 0.6) is 0 Å². The Labute approximate surface area is 214 Å². The van der Waals surface area contributed by atoms with Gasteiger partial charge in [-0.25, -0.2) is 9.59 Å². The van der Waals surface area contributed by atoms with Gasteiger partial charge in [-0.05, 0) is 73.3 Å². The molecular formula is C22H33ClN6O7. The predicted molar refractivity (Wildman–Crippen MR) is 131 cm³/mol. The van der Waals surface area contributed by atoms with Gasteiger partial charge in [0.05, 0.1) is 37.5 Å². The zero-order valence-electron chi connectivity index (χ0n) is 20.9. The Kier molecular flexibility index (Phi) is 15.9. The molecule has 0 heterocycles. The number of ether oxygens (including phenoxy) is 2. The molecule has 0 aromatic rings. The lowest BCUT2D eigenvalue weighted by atomic mass is 9.80. The minimum atomic E-state index is -1.18. The summed E-state index contributed by atoms with van der Waals surface area (Å²) in [5.41, 5.74) is 17.6. The first kappa shape index (κ1) is 32.9. The van der Waals surface area contributed by atoms with E-state index >= 15 is 0 Å². The van der Waals surface area contributed by atoms with Gasteiger partial charge in [-0.3, -0.25) is 4.79 Å². The lowest BCUT2D eigenvalue weighted by Crippen LogP contribution is -2.38. The highest BCUT2D eigenvalue weighted by Gasteiger charge is 2.33. The van der Waals surface area contributed by atoms with Crippen molar-refractivity contribution in [2.24, 2.45) is 22.1 Å². The molecule has 0 spiro atoms. The number of carbonyl (C=O) groups excluding carboxylic acids is 3. The van der Waals surface area contributed by atoms with E-state index in [9.17, 15) is 24.6 Å². The molecule has 200 valence electrons. The molecule has 36 heavy (non-hydrogen) atoms. The molecule has 2 N–H and O–H groups in total. The van der Waals surface area contributed by atoms with Gasteiger partial charge in [0, 0.05) is 27.9 Å². The predicted octanol–water partition coefficient (Wildman–Crippen LogP) is 3.88. The largest absolute Gasteiger partial charge is 0.463 e. The molecule has 2 rings (SSSR count). The van der Waals surface area contributed by atoms with Crippen LogP contribution < -0.4 is 0 Å². The van der Waals surface area contributed by atoms with Crippen LogP contribution in [0.25, 0.3) is 20.9 Å². The van der Waals surface area contributed by atoms with Crippen LogP contribution in [0.3, 0.4) is 0 Å². The Morgan fingerprint density at radius 3 is 1.83 bits per heavy atom. The van der Waals surface area contributed by atoms with Crippen molar-refractivity contribution < 1.29 is 34.1 Å². The van der Waals surface area contributed by atoms with Gasteiger partial charge in [0.2, 0.25) is 5.24 Å². The third-order valence-corrected chi connectivity index (χ3v) is 5.36. The van der Waals surface area contributed by atoms with Gasteiger partial charge >= 0.3 is 11.9 Å². The third kappa shape index (κ3) is 11.6. The number of esters is 2. The third-order valence-electron chi connectivity index (χ3n) is 5.36. The zero-order valence-corrected chi connectivity index (χ0v) is 21.7. The topological polar surface area (TPSA) is 208 Å². The molecule has 0 unspecified atom stereocenters. The van der Waals surface area contributed by atoms with Crippen molar-refractivity contribution in [2.45, 2.75) is 71.8 Å². The van der Waals surface area contributed by atoms with Crippen molar-refractivity contribution >= 4 is 28.8 Å². The number of nitrogens with zero attached hydrogens (tertiary/aromatic N) is 6. The van der Waals surface area contributed by atoms with Crippen LogP contribution in [-0.4, -0.2) is 64.9 Å². The monoisotopic (exact) mass is 528 g/mol. The van der Waals surface area contributed by atoms with Crippen LogP contribution in [-0.2, 0) is 23.9 Å². The number of azide groups is 2. The maximum Gasteiger partial charge on any atom is 0.333 e. The molecule has 6 atom stereocenters. The van der Waals surface area contributed by atoms with E-state index in [2.05, 4.69) is 31.7 Å². The lowest BCUT2D eigenvalue weighted by Gasteiger charge is -2.28. The number of aliphatic hydroxyl groups is 2. The minimum Gasteiger partial charge on any atom is -0.463 e. The Hall–Kier alpha value is -3.08. The number of hydrogen-bond donors (Lipinski definition) is 2. The second kappa shape index (κ2) is 17.4. The summed E-state index contributed by atoms with van der Waals surface area (Å²) in [7, 11) is 0. The smallest absolute Gasteiger partial charge is 0.333 e. The van der Waals surface area contributed by atoms with Crippen molar-refractivity contribution in [3.05, 3.63) is 44.2 Å². The molecular weight excluding hydrogens is 496 g/mol. The lowest BCUT2D eigenvalue weighted by molar-refractivity contribution is -0.140. The van der Waals surface area contributed by atoms with Crippen molar-refractivity contribution in [3.63, 3.8) is 0 Å². The Bertz CT molecular complexity index is 924. The van der Waals surface area contributed by atoms with Crippen LogP contribution in [0.1, 0.15) is 47.5 Å². The standard InChI is InChI=1S/C11H18O3.C9H12N6O3.C2H3ClO/c1-4-14-11(13)9-5-7(2)8(3)10(12)6-9;1-2-18-9(17)5-3-6(12-14-10)8(13-15-11)7(16)4-5;1-2(3)4/h6-8,10,12H,4-5H2,1-3H3;4,6-8,16H,2-3H2,1H3;1H3/t7-,8+,10+;6-,7+,8+;/m00./s1. The first-order valence-corrected chi connectivity index (χ1v) is 11.7.